The lowest BCUT2D eigenvalue weighted by Gasteiger charge is -2.23. The zero-order valence-corrected chi connectivity index (χ0v) is 13.3. The van der Waals surface area contributed by atoms with E-state index in [2.05, 4.69) is 4.98 Å². The molecule has 2 aromatic rings. The first-order chi connectivity index (χ1) is 12.2. The standard InChI is InChI=1S/C16H15F3N4O3/c17-16(18,19)10-3-1-9(2-4-10)13-7-11(24)8-22(13)14-6-5-12(20)15(21-14)23(25)26/h1-6,11,13,24H,7-8,20H2. The molecular formula is C16H15F3N4O3. The molecule has 0 spiro atoms. The Balaban J connectivity index is 1.95. The van der Waals surface area contributed by atoms with Gasteiger partial charge in [-0.15, -0.1) is 0 Å². The van der Waals surface area contributed by atoms with Crippen molar-refractivity contribution in [2.45, 2.75) is 24.7 Å². The third kappa shape index (κ3) is 3.40. The fourth-order valence-electron chi connectivity index (χ4n) is 3.03. The van der Waals surface area contributed by atoms with E-state index in [9.17, 15) is 28.4 Å². The first kappa shape index (κ1) is 17.9. The first-order valence-electron chi connectivity index (χ1n) is 7.69. The molecule has 0 saturated carbocycles. The molecule has 0 radical (unpaired) electrons. The van der Waals surface area contributed by atoms with Crippen LogP contribution in [0, 0.1) is 10.1 Å². The van der Waals surface area contributed by atoms with E-state index in [0.717, 1.165) is 12.1 Å². The van der Waals surface area contributed by atoms with Crippen molar-refractivity contribution in [1.29, 1.82) is 0 Å². The minimum absolute atomic E-state index is 0.0930. The summed E-state index contributed by atoms with van der Waals surface area (Å²) in [7, 11) is 0. The highest BCUT2D eigenvalue weighted by atomic mass is 19.4. The van der Waals surface area contributed by atoms with Crippen LogP contribution in [0.15, 0.2) is 36.4 Å². The van der Waals surface area contributed by atoms with Gasteiger partial charge in [-0.2, -0.15) is 13.2 Å². The zero-order chi connectivity index (χ0) is 19.1. The van der Waals surface area contributed by atoms with Crippen LogP contribution in [0.1, 0.15) is 23.6 Å². The van der Waals surface area contributed by atoms with Crippen LogP contribution in [0.2, 0.25) is 0 Å². The molecule has 2 atom stereocenters. The second-order valence-electron chi connectivity index (χ2n) is 6.02. The highest BCUT2D eigenvalue weighted by molar-refractivity contribution is 5.59. The summed E-state index contributed by atoms with van der Waals surface area (Å²) in [6.07, 6.45) is -4.90. The van der Waals surface area contributed by atoms with Crippen molar-refractivity contribution in [3.05, 3.63) is 57.6 Å². The second kappa shape index (κ2) is 6.45. The smallest absolute Gasteiger partial charge is 0.392 e. The number of hydrogen-bond acceptors (Lipinski definition) is 6. The van der Waals surface area contributed by atoms with Crippen LogP contribution in [-0.2, 0) is 6.18 Å². The predicted octanol–water partition coefficient (Wildman–Crippen LogP) is 2.90. The molecule has 0 bridgehead atoms. The Morgan fingerprint density at radius 2 is 1.88 bits per heavy atom. The molecular weight excluding hydrogens is 353 g/mol. The van der Waals surface area contributed by atoms with Gasteiger partial charge in [0, 0.05) is 12.6 Å². The maximum Gasteiger partial charge on any atom is 0.416 e. The van der Waals surface area contributed by atoms with Gasteiger partial charge in [0.25, 0.3) is 0 Å². The molecule has 1 aromatic heterocycles. The summed E-state index contributed by atoms with van der Waals surface area (Å²) in [5.74, 6) is -0.276. The van der Waals surface area contributed by atoms with Gasteiger partial charge in [-0.25, -0.2) is 0 Å². The Morgan fingerprint density at radius 3 is 2.46 bits per heavy atom. The number of nitro groups is 1. The molecule has 138 valence electrons. The van der Waals surface area contributed by atoms with E-state index < -0.39 is 34.6 Å². The molecule has 1 aromatic carbocycles. The van der Waals surface area contributed by atoms with Gasteiger partial charge in [-0.3, -0.25) is 0 Å². The molecule has 1 fully saturated rings. The summed E-state index contributed by atoms with van der Waals surface area (Å²) in [5, 5.41) is 21.0. The van der Waals surface area contributed by atoms with Gasteiger partial charge in [0.1, 0.15) is 5.69 Å². The number of aromatic nitrogens is 1. The predicted molar refractivity (Wildman–Crippen MR) is 87.5 cm³/mol. The molecule has 7 nitrogen and oxygen atoms in total. The number of rotatable bonds is 3. The Kier molecular flexibility index (Phi) is 4.45. The van der Waals surface area contributed by atoms with E-state index in [4.69, 9.17) is 5.73 Å². The maximum atomic E-state index is 12.7. The van der Waals surface area contributed by atoms with Crippen molar-refractivity contribution in [3.8, 4) is 0 Å². The van der Waals surface area contributed by atoms with Crippen LogP contribution in [0.25, 0.3) is 0 Å². The van der Waals surface area contributed by atoms with E-state index in [1.54, 1.807) is 4.90 Å². The summed E-state index contributed by atoms with van der Waals surface area (Å²) in [6, 6.07) is 6.98. The second-order valence-corrected chi connectivity index (χ2v) is 6.02. The number of pyridine rings is 1. The van der Waals surface area contributed by atoms with Crippen molar-refractivity contribution in [1.82, 2.24) is 4.98 Å². The minimum Gasteiger partial charge on any atom is -0.392 e. The van der Waals surface area contributed by atoms with E-state index in [1.165, 1.54) is 24.3 Å². The van der Waals surface area contributed by atoms with E-state index >= 15 is 0 Å². The van der Waals surface area contributed by atoms with Crippen molar-refractivity contribution in [2.75, 3.05) is 17.2 Å². The molecule has 26 heavy (non-hydrogen) atoms. The number of nitrogen functional groups attached to an aromatic ring is 1. The number of nitrogens with two attached hydrogens (primary N) is 1. The largest absolute Gasteiger partial charge is 0.416 e. The zero-order valence-electron chi connectivity index (χ0n) is 13.3. The number of benzene rings is 1. The molecule has 3 N–H and O–H groups in total. The van der Waals surface area contributed by atoms with Crippen LogP contribution in [0.4, 0.5) is 30.5 Å². The molecule has 0 amide bonds. The van der Waals surface area contributed by atoms with Gasteiger partial charge in [-0.05, 0) is 40.1 Å². The van der Waals surface area contributed by atoms with Gasteiger partial charge in [0.05, 0.1) is 17.7 Å². The number of nitrogens with zero attached hydrogens (tertiary/aromatic N) is 3. The number of β-amino-alcohol motifs (C(OH)–C–C–N with tert-alkyl or cyclic N) is 1. The monoisotopic (exact) mass is 368 g/mol. The van der Waals surface area contributed by atoms with Crippen molar-refractivity contribution in [2.24, 2.45) is 0 Å². The lowest BCUT2D eigenvalue weighted by atomic mass is 10.0. The van der Waals surface area contributed by atoms with Crippen LogP contribution in [0.5, 0.6) is 0 Å². The number of halogens is 3. The molecule has 2 heterocycles. The van der Waals surface area contributed by atoms with Gasteiger partial charge in [0.2, 0.25) is 5.82 Å². The van der Waals surface area contributed by atoms with Gasteiger partial charge < -0.3 is 25.9 Å². The maximum absolute atomic E-state index is 12.7. The summed E-state index contributed by atoms with van der Waals surface area (Å²) >= 11 is 0. The van der Waals surface area contributed by atoms with Crippen LogP contribution >= 0.6 is 0 Å². The van der Waals surface area contributed by atoms with Gasteiger partial charge in [0.15, 0.2) is 0 Å². The summed E-state index contributed by atoms with van der Waals surface area (Å²) in [6.45, 7) is 0.153. The van der Waals surface area contributed by atoms with Crippen molar-refractivity contribution >= 4 is 17.3 Å². The molecule has 10 heteroatoms. The Hall–Kier alpha value is -2.88. The molecule has 3 rings (SSSR count). The average molecular weight is 368 g/mol. The summed E-state index contributed by atoms with van der Waals surface area (Å²) in [5.41, 5.74) is 5.23. The number of hydrogen-bond donors (Lipinski definition) is 2. The number of aliphatic hydroxyl groups excluding tert-OH is 1. The average Bonchev–Trinajstić information content (AvgIpc) is 2.96. The first-order valence-corrected chi connectivity index (χ1v) is 7.69. The fraction of sp³-hybridized carbons (Fsp3) is 0.312. The molecule has 1 aliphatic rings. The number of alkyl halides is 3. The van der Waals surface area contributed by atoms with Gasteiger partial charge in [-0.1, -0.05) is 12.1 Å². The Bertz CT molecular complexity index is 826. The Labute approximate surface area is 146 Å². The normalized spacial score (nSPS) is 20.4. The van der Waals surface area contributed by atoms with Gasteiger partial charge >= 0.3 is 12.0 Å². The SMILES string of the molecule is Nc1ccc(N2CC(O)CC2c2ccc(C(F)(F)F)cc2)nc1[N+](=O)[O-]. The lowest BCUT2D eigenvalue weighted by molar-refractivity contribution is -0.388. The third-order valence-corrected chi connectivity index (χ3v) is 4.26. The quantitative estimate of drug-likeness (QED) is 0.637. The van der Waals surface area contributed by atoms with Crippen molar-refractivity contribution < 1.29 is 23.2 Å². The molecule has 0 aliphatic carbocycles. The third-order valence-electron chi connectivity index (χ3n) is 4.26. The van der Waals surface area contributed by atoms with Crippen molar-refractivity contribution in [3.63, 3.8) is 0 Å². The summed E-state index contributed by atoms with van der Waals surface area (Å²) in [4.78, 5) is 15.9. The van der Waals surface area contributed by atoms with Crippen LogP contribution in [-0.4, -0.2) is 27.7 Å². The van der Waals surface area contributed by atoms with Crippen LogP contribution < -0.4 is 10.6 Å². The highest BCUT2D eigenvalue weighted by Crippen LogP contribution is 2.38. The Morgan fingerprint density at radius 1 is 1.23 bits per heavy atom. The number of anilines is 2. The fourth-order valence-corrected chi connectivity index (χ4v) is 3.03. The van der Waals surface area contributed by atoms with E-state index in [1.807, 2.05) is 0 Å². The van der Waals surface area contributed by atoms with Crippen LogP contribution in [0.3, 0.4) is 0 Å². The minimum atomic E-state index is -4.44. The molecule has 2 unspecified atom stereocenters. The van der Waals surface area contributed by atoms with E-state index in [-0.39, 0.29) is 24.5 Å². The molecule has 1 aliphatic heterocycles. The topological polar surface area (TPSA) is 106 Å². The molecule has 1 saturated heterocycles. The van der Waals surface area contributed by atoms with E-state index in [0.29, 0.717) is 5.56 Å². The summed E-state index contributed by atoms with van der Waals surface area (Å²) < 4.78 is 38.2. The highest BCUT2D eigenvalue weighted by Gasteiger charge is 2.36. The lowest BCUT2D eigenvalue weighted by Crippen LogP contribution is -2.25. The number of aliphatic hydroxyl groups is 1.